The number of rotatable bonds is 5. The molecule has 0 aliphatic carbocycles. The van der Waals surface area contributed by atoms with E-state index in [-0.39, 0.29) is 5.56 Å². The number of ether oxygens (including phenoxy) is 1. The van der Waals surface area contributed by atoms with Gasteiger partial charge in [-0.2, -0.15) is 0 Å². The molecule has 0 saturated heterocycles. The summed E-state index contributed by atoms with van der Waals surface area (Å²) in [5.74, 6) is -1.77. The van der Waals surface area contributed by atoms with Gasteiger partial charge in [0.2, 0.25) is 0 Å². The van der Waals surface area contributed by atoms with Crippen molar-refractivity contribution < 1.29 is 13.5 Å². The maximum absolute atomic E-state index is 13.7. The van der Waals surface area contributed by atoms with E-state index in [1.807, 2.05) is 13.8 Å². The Balaban J connectivity index is 3.18. The van der Waals surface area contributed by atoms with Gasteiger partial charge in [0.1, 0.15) is 0 Å². The summed E-state index contributed by atoms with van der Waals surface area (Å²) in [6.45, 7) is 3.84. The van der Waals surface area contributed by atoms with Crippen molar-refractivity contribution in [2.45, 2.75) is 38.3 Å². The van der Waals surface area contributed by atoms with Gasteiger partial charge in [0.25, 0.3) is 0 Å². The molecule has 0 aromatic heterocycles. The summed E-state index contributed by atoms with van der Waals surface area (Å²) in [7, 11) is 1.55. The van der Waals surface area contributed by atoms with Crippen molar-refractivity contribution in [1.82, 2.24) is 0 Å². The van der Waals surface area contributed by atoms with Crippen LogP contribution in [0, 0.1) is 11.6 Å². The van der Waals surface area contributed by atoms with E-state index in [4.69, 9.17) is 10.5 Å². The molecule has 1 unspecified atom stereocenters. The molecule has 0 saturated carbocycles. The first-order valence-corrected chi connectivity index (χ1v) is 5.77. The summed E-state index contributed by atoms with van der Waals surface area (Å²) in [5.41, 5.74) is 5.55. The monoisotopic (exact) mass is 243 g/mol. The molecule has 1 atom stereocenters. The normalized spacial score (nSPS) is 13.8. The maximum atomic E-state index is 13.7. The van der Waals surface area contributed by atoms with Gasteiger partial charge in [-0.25, -0.2) is 8.78 Å². The molecular formula is C13H19F2NO. The maximum Gasteiger partial charge on any atom is 0.163 e. The molecule has 0 bridgehead atoms. The topological polar surface area (TPSA) is 35.2 Å². The van der Waals surface area contributed by atoms with E-state index in [2.05, 4.69) is 0 Å². The van der Waals surface area contributed by atoms with Crippen molar-refractivity contribution in [3.05, 3.63) is 35.4 Å². The van der Waals surface area contributed by atoms with Crippen molar-refractivity contribution >= 4 is 0 Å². The molecule has 1 aromatic rings. The van der Waals surface area contributed by atoms with Gasteiger partial charge >= 0.3 is 0 Å². The predicted octanol–water partition coefficient (Wildman–Crippen LogP) is 3.17. The second-order valence-corrected chi connectivity index (χ2v) is 4.10. The SMILES string of the molecule is CCC(CC)(OC)C(N)c1cccc(F)c1F. The van der Waals surface area contributed by atoms with Crippen LogP contribution in [-0.4, -0.2) is 12.7 Å². The van der Waals surface area contributed by atoms with Gasteiger partial charge in [0, 0.05) is 12.7 Å². The van der Waals surface area contributed by atoms with Crippen LogP contribution in [0.25, 0.3) is 0 Å². The standard InChI is InChI=1S/C13H19F2NO/c1-4-13(5-2,17-3)12(16)9-7-6-8-10(14)11(9)15/h6-8,12H,4-5,16H2,1-3H3. The van der Waals surface area contributed by atoms with Crippen LogP contribution in [0.4, 0.5) is 8.78 Å². The highest BCUT2D eigenvalue weighted by molar-refractivity contribution is 5.25. The molecule has 0 aliphatic heterocycles. The molecule has 17 heavy (non-hydrogen) atoms. The predicted molar refractivity (Wildman–Crippen MR) is 63.6 cm³/mol. The zero-order chi connectivity index (χ0) is 13.1. The van der Waals surface area contributed by atoms with Crippen LogP contribution >= 0.6 is 0 Å². The highest BCUT2D eigenvalue weighted by atomic mass is 19.2. The summed E-state index contributed by atoms with van der Waals surface area (Å²) in [5, 5.41) is 0. The molecule has 0 heterocycles. The van der Waals surface area contributed by atoms with Crippen LogP contribution in [0.15, 0.2) is 18.2 Å². The Morgan fingerprint density at radius 2 is 1.88 bits per heavy atom. The van der Waals surface area contributed by atoms with E-state index < -0.39 is 23.3 Å². The quantitative estimate of drug-likeness (QED) is 0.862. The van der Waals surface area contributed by atoms with Crippen LogP contribution in [0.1, 0.15) is 38.3 Å². The molecule has 2 N–H and O–H groups in total. The summed E-state index contributed by atoms with van der Waals surface area (Å²) in [6, 6.07) is 3.36. The number of methoxy groups -OCH3 is 1. The lowest BCUT2D eigenvalue weighted by atomic mass is 9.84. The Hall–Kier alpha value is -1.00. The van der Waals surface area contributed by atoms with E-state index in [0.29, 0.717) is 12.8 Å². The lowest BCUT2D eigenvalue weighted by Crippen LogP contribution is -2.42. The molecule has 1 rings (SSSR count). The van der Waals surface area contributed by atoms with Crippen LogP contribution in [0.5, 0.6) is 0 Å². The minimum atomic E-state index is -0.886. The first-order chi connectivity index (χ1) is 8.02. The fourth-order valence-electron chi connectivity index (χ4n) is 2.15. The third-order valence-corrected chi connectivity index (χ3v) is 3.49. The van der Waals surface area contributed by atoms with Crippen molar-refractivity contribution in [3.8, 4) is 0 Å². The number of halogens is 2. The van der Waals surface area contributed by atoms with Crippen LogP contribution in [-0.2, 0) is 4.74 Å². The lowest BCUT2D eigenvalue weighted by Gasteiger charge is -2.36. The summed E-state index contributed by atoms with van der Waals surface area (Å²) < 4.78 is 32.3. The van der Waals surface area contributed by atoms with E-state index >= 15 is 0 Å². The van der Waals surface area contributed by atoms with Crippen molar-refractivity contribution in [1.29, 1.82) is 0 Å². The number of hydrogen-bond acceptors (Lipinski definition) is 2. The Kier molecular flexibility index (Phi) is 4.60. The second kappa shape index (κ2) is 5.56. The molecule has 0 amide bonds. The molecule has 4 heteroatoms. The van der Waals surface area contributed by atoms with Crippen molar-refractivity contribution in [2.75, 3.05) is 7.11 Å². The summed E-state index contributed by atoms with van der Waals surface area (Å²) in [4.78, 5) is 0. The average molecular weight is 243 g/mol. The van der Waals surface area contributed by atoms with E-state index in [1.165, 1.54) is 12.1 Å². The highest BCUT2D eigenvalue weighted by Crippen LogP contribution is 2.34. The van der Waals surface area contributed by atoms with Crippen molar-refractivity contribution in [2.24, 2.45) is 5.73 Å². The largest absolute Gasteiger partial charge is 0.376 e. The van der Waals surface area contributed by atoms with Gasteiger partial charge in [0.05, 0.1) is 11.6 Å². The van der Waals surface area contributed by atoms with Crippen molar-refractivity contribution in [3.63, 3.8) is 0 Å². The van der Waals surface area contributed by atoms with E-state index in [0.717, 1.165) is 6.07 Å². The molecule has 0 spiro atoms. The minimum absolute atomic E-state index is 0.163. The fraction of sp³-hybridized carbons (Fsp3) is 0.538. The molecule has 1 aromatic carbocycles. The van der Waals surface area contributed by atoms with Crippen LogP contribution in [0.3, 0.4) is 0 Å². The first kappa shape index (κ1) is 14.1. The van der Waals surface area contributed by atoms with E-state index in [9.17, 15) is 8.78 Å². The molecule has 96 valence electrons. The molecule has 0 aliphatic rings. The molecule has 0 fully saturated rings. The number of nitrogens with two attached hydrogens (primary N) is 1. The Morgan fingerprint density at radius 1 is 1.29 bits per heavy atom. The number of hydrogen-bond donors (Lipinski definition) is 1. The Labute approximate surface area is 101 Å². The Morgan fingerprint density at radius 3 is 2.35 bits per heavy atom. The summed E-state index contributed by atoms with van der Waals surface area (Å²) >= 11 is 0. The molecular weight excluding hydrogens is 224 g/mol. The lowest BCUT2D eigenvalue weighted by molar-refractivity contribution is -0.0394. The fourth-order valence-corrected chi connectivity index (χ4v) is 2.15. The second-order valence-electron chi connectivity index (χ2n) is 4.10. The minimum Gasteiger partial charge on any atom is -0.376 e. The zero-order valence-electron chi connectivity index (χ0n) is 10.5. The summed E-state index contributed by atoms with van der Waals surface area (Å²) in [6.07, 6.45) is 1.27. The van der Waals surface area contributed by atoms with Gasteiger partial charge in [-0.3, -0.25) is 0 Å². The first-order valence-electron chi connectivity index (χ1n) is 5.77. The van der Waals surface area contributed by atoms with E-state index in [1.54, 1.807) is 7.11 Å². The zero-order valence-corrected chi connectivity index (χ0v) is 10.5. The smallest absolute Gasteiger partial charge is 0.163 e. The number of benzene rings is 1. The Bertz CT molecular complexity index is 369. The molecule has 2 nitrogen and oxygen atoms in total. The van der Waals surface area contributed by atoms with Gasteiger partial charge < -0.3 is 10.5 Å². The highest BCUT2D eigenvalue weighted by Gasteiger charge is 2.36. The van der Waals surface area contributed by atoms with Gasteiger partial charge in [-0.05, 0) is 18.9 Å². The molecule has 0 radical (unpaired) electrons. The van der Waals surface area contributed by atoms with Gasteiger partial charge in [0.15, 0.2) is 11.6 Å². The van der Waals surface area contributed by atoms with Gasteiger partial charge in [-0.1, -0.05) is 26.0 Å². The third kappa shape index (κ3) is 2.48. The van der Waals surface area contributed by atoms with Gasteiger partial charge in [-0.15, -0.1) is 0 Å². The third-order valence-electron chi connectivity index (χ3n) is 3.49. The average Bonchev–Trinajstić information content (AvgIpc) is 2.35. The van der Waals surface area contributed by atoms with Crippen LogP contribution in [0.2, 0.25) is 0 Å². The van der Waals surface area contributed by atoms with Crippen LogP contribution < -0.4 is 5.73 Å².